The van der Waals surface area contributed by atoms with Crippen LogP contribution >= 0.6 is 34.8 Å². The summed E-state index contributed by atoms with van der Waals surface area (Å²) in [5.41, 5.74) is 6.03. The number of hydrogen-bond acceptors (Lipinski definition) is 3. The highest BCUT2D eigenvalue weighted by Gasteiger charge is 2.35. The van der Waals surface area contributed by atoms with Gasteiger partial charge in [0.2, 0.25) is 0 Å². The molecule has 19 heavy (non-hydrogen) atoms. The van der Waals surface area contributed by atoms with E-state index in [-0.39, 0.29) is 25.2 Å². The molecule has 0 aromatic heterocycles. The average molecular weight is 325 g/mol. The van der Waals surface area contributed by atoms with Gasteiger partial charge in [0.25, 0.3) is 5.91 Å². The minimum Gasteiger partial charge on any atom is -0.313 e. The molecule has 0 spiro atoms. The van der Waals surface area contributed by atoms with Crippen LogP contribution in [0.1, 0.15) is 0 Å². The van der Waals surface area contributed by atoms with Gasteiger partial charge in [0.05, 0.1) is 6.67 Å². The number of nitrogens with two attached hydrogens (primary N) is 1. The van der Waals surface area contributed by atoms with E-state index in [1.807, 2.05) is 18.2 Å². The van der Waals surface area contributed by atoms with Crippen LogP contribution in [0, 0.1) is 0 Å². The van der Waals surface area contributed by atoms with Crippen LogP contribution in [0.4, 0.5) is 10.5 Å². The molecule has 1 heterocycles. The van der Waals surface area contributed by atoms with Crippen LogP contribution in [0.2, 0.25) is 0 Å². The maximum absolute atomic E-state index is 11.7. The Bertz CT molecular complexity index is 439. The van der Waals surface area contributed by atoms with Gasteiger partial charge in [-0.15, -0.1) is 0 Å². The van der Waals surface area contributed by atoms with E-state index in [9.17, 15) is 9.59 Å². The van der Waals surface area contributed by atoms with Crippen molar-refractivity contribution in [2.75, 3.05) is 18.1 Å². The zero-order chi connectivity index (χ0) is 14.4. The van der Waals surface area contributed by atoms with Crippen LogP contribution in [0.3, 0.4) is 0 Å². The van der Waals surface area contributed by atoms with Crippen LogP contribution < -0.4 is 10.6 Å². The second-order valence-corrected chi connectivity index (χ2v) is 5.44. The van der Waals surface area contributed by atoms with Crippen molar-refractivity contribution in [3.05, 3.63) is 30.3 Å². The lowest BCUT2D eigenvalue weighted by Gasteiger charge is -2.15. The fraction of sp³-hybridized carbons (Fsp3) is 0.273. The van der Waals surface area contributed by atoms with Crippen molar-refractivity contribution in [3.8, 4) is 0 Å². The summed E-state index contributed by atoms with van der Waals surface area (Å²) in [4.78, 5) is 25.5. The molecule has 0 atom stereocenters. The van der Waals surface area contributed by atoms with E-state index in [1.165, 1.54) is 4.90 Å². The number of benzene rings is 1. The van der Waals surface area contributed by atoms with Crippen molar-refractivity contribution in [2.45, 2.75) is 4.30 Å². The first kappa shape index (κ1) is 16.0. The normalized spacial score (nSPS) is 14.8. The maximum atomic E-state index is 11.7. The number of halogens is 3. The van der Waals surface area contributed by atoms with Crippen LogP contribution in [-0.2, 0) is 4.79 Å². The molecule has 1 aromatic rings. The number of urea groups is 1. The molecular weight excluding hydrogens is 312 g/mol. The van der Waals surface area contributed by atoms with Gasteiger partial charge in [-0.05, 0) is 12.1 Å². The molecule has 5 nitrogen and oxygen atoms in total. The Balaban J connectivity index is 0.000000399. The summed E-state index contributed by atoms with van der Waals surface area (Å²) < 4.78 is -0.750. The molecule has 1 aliphatic heterocycles. The molecule has 1 saturated heterocycles. The van der Waals surface area contributed by atoms with Crippen LogP contribution in [0.5, 0.6) is 0 Å². The summed E-state index contributed by atoms with van der Waals surface area (Å²) in [6, 6.07) is 8.70. The van der Waals surface area contributed by atoms with E-state index in [2.05, 4.69) is 0 Å². The number of rotatable bonds is 2. The highest BCUT2D eigenvalue weighted by atomic mass is 35.6. The Morgan fingerprint density at radius 3 is 2.11 bits per heavy atom. The lowest BCUT2D eigenvalue weighted by atomic mass is 10.3. The van der Waals surface area contributed by atoms with Crippen molar-refractivity contribution in [2.24, 2.45) is 5.73 Å². The van der Waals surface area contributed by atoms with Crippen LogP contribution in [-0.4, -0.2) is 34.3 Å². The first-order chi connectivity index (χ1) is 8.97. The van der Waals surface area contributed by atoms with Gasteiger partial charge in [-0.1, -0.05) is 53.0 Å². The molecule has 1 fully saturated rings. The average Bonchev–Trinajstić information content (AvgIpc) is 2.65. The van der Waals surface area contributed by atoms with Gasteiger partial charge in [-0.2, -0.15) is 0 Å². The fourth-order valence-corrected chi connectivity index (χ4v) is 1.53. The minimum absolute atomic E-state index is 0.0685. The summed E-state index contributed by atoms with van der Waals surface area (Å²) >= 11 is 14.4. The van der Waals surface area contributed by atoms with Gasteiger partial charge in [-0.25, -0.2) is 9.69 Å². The van der Waals surface area contributed by atoms with Gasteiger partial charge in [0, 0.05) is 5.69 Å². The van der Waals surface area contributed by atoms with E-state index >= 15 is 0 Å². The predicted molar refractivity (Wildman–Crippen MR) is 76.4 cm³/mol. The highest BCUT2D eigenvalue weighted by molar-refractivity contribution is 6.63. The summed E-state index contributed by atoms with van der Waals surface area (Å²) in [7, 11) is 0. The molecule has 0 aliphatic carbocycles. The molecular formula is C11H12Cl3N3O2. The highest BCUT2D eigenvalue weighted by Crippen LogP contribution is 2.19. The molecule has 1 aliphatic rings. The zero-order valence-electron chi connectivity index (χ0n) is 9.80. The fourth-order valence-electron chi connectivity index (χ4n) is 1.53. The summed E-state index contributed by atoms with van der Waals surface area (Å²) in [6.45, 7) is 0.00104. The van der Waals surface area contributed by atoms with Crippen molar-refractivity contribution >= 4 is 52.4 Å². The number of nitrogens with zero attached hydrogens (tertiary/aromatic N) is 2. The number of imide groups is 1. The number of carbonyl (C=O) groups excluding carboxylic acids is 2. The number of alkyl halides is 3. The van der Waals surface area contributed by atoms with Crippen molar-refractivity contribution in [3.63, 3.8) is 0 Å². The number of anilines is 1. The largest absolute Gasteiger partial charge is 0.332 e. The van der Waals surface area contributed by atoms with E-state index in [0.717, 1.165) is 4.90 Å². The van der Waals surface area contributed by atoms with Gasteiger partial charge < -0.3 is 5.73 Å². The molecule has 2 N–H and O–H groups in total. The second-order valence-electron chi connectivity index (χ2n) is 3.46. The number of carbonyl (C=O) groups is 2. The molecule has 8 heteroatoms. The summed E-state index contributed by atoms with van der Waals surface area (Å²) in [5, 5.41) is 0. The third kappa shape index (κ3) is 4.54. The van der Waals surface area contributed by atoms with Gasteiger partial charge >= 0.3 is 6.03 Å². The van der Waals surface area contributed by atoms with Gasteiger partial charge in [-0.3, -0.25) is 9.69 Å². The van der Waals surface area contributed by atoms with Crippen molar-refractivity contribution < 1.29 is 9.59 Å². The Kier molecular flexibility index (Phi) is 6.37. The zero-order valence-corrected chi connectivity index (χ0v) is 12.1. The third-order valence-corrected chi connectivity index (χ3v) is 2.31. The van der Waals surface area contributed by atoms with E-state index < -0.39 is 4.30 Å². The van der Waals surface area contributed by atoms with E-state index in [1.54, 1.807) is 12.1 Å². The molecule has 0 bridgehead atoms. The first-order valence-corrected chi connectivity index (χ1v) is 6.57. The molecule has 1 aromatic carbocycles. The van der Waals surface area contributed by atoms with Gasteiger partial charge in [0.15, 0.2) is 4.30 Å². The van der Waals surface area contributed by atoms with E-state index in [4.69, 9.17) is 40.5 Å². The first-order valence-electron chi connectivity index (χ1n) is 5.26. The predicted octanol–water partition coefficient (Wildman–Crippen LogP) is 2.36. The Morgan fingerprint density at radius 2 is 1.68 bits per heavy atom. The molecule has 3 amide bonds. The smallest absolute Gasteiger partial charge is 0.313 e. The number of hydrogen-bond donors (Lipinski definition) is 1. The maximum Gasteiger partial charge on any atom is 0.332 e. The molecule has 104 valence electrons. The molecule has 0 radical (unpaired) electrons. The second kappa shape index (κ2) is 7.55. The van der Waals surface area contributed by atoms with Crippen LogP contribution in [0.25, 0.3) is 0 Å². The summed E-state index contributed by atoms with van der Waals surface area (Å²) in [5.74, 6) is -0.258. The lowest BCUT2D eigenvalue weighted by molar-refractivity contribution is -0.124. The SMILES string of the molecule is ClC(Cl)Cl.NCN1C(=O)CN(c2ccccc2)C1=O. The summed E-state index contributed by atoms with van der Waals surface area (Å²) in [6.07, 6.45) is 0. The third-order valence-electron chi connectivity index (χ3n) is 2.31. The van der Waals surface area contributed by atoms with Crippen molar-refractivity contribution in [1.82, 2.24) is 4.90 Å². The standard InChI is InChI=1S/C10H11N3O2.CHCl3/c11-7-13-9(14)6-12(10(13)15)8-4-2-1-3-5-8;2-1(3)4/h1-5H,6-7,11H2;1H. The quantitative estimate of drug-likeness (QED) is 0.671. The monoisotopic (exact) mass is 323 g/mol. The minimum atomic E-state index is -0.750. The molecule has 2 rings (SSSR count). The lowest BCUT2D eigenvalue weighted by Crippen LogP contribution is -2.37. The van der Waals surface area contributed by atoms with E-state index in [0.29, 0.717) is 5.69 Å². The topological polar surface area (TPSA) is 66.6 Å². The number of para-hydroxylation sites is 1. The van der Waals surface area contributed by atoms with Gasteiger partial charge in [0.1, 0.15) is 6.54 Å². The molecule has 0 saturated carbocycles. The Labute approximate surface area is 125 Å². The Morgan fingerprint density at radius 1 is 1.16 bits per heavy atom. The van der Waals surface area contributed by atoms with Crippen LogP contribution in [0.15, 0.2) is 30.3 Å². The molecule has 0 unspecified atom stereocenters. The van der Waals surface area contributed by atoms with Crippen molar-refractivity contribution in [1.29, 1.82) is 0 Å². The number of amides is 3. The Hall–Kier alpha value is -1.01.